The van der Waals surface area contributed by atoms with E-state index in [1.807, 2.05) is 6.08 Å². The SMILES string of the molecule is C=CCc1c[nH]c2ccc(CC)cc12. The molecule has 2 rings (SSSR count). The molecule has 1 aromatic carbocycles. The van der Waals surface area contributed by atoms with Gasteiger partial charge in [-0.3, -0.25) is 0 Å². The minimum atomic E-state index is 0.938. The van der Waals surface area contributed by atoms with Crippen LogP contribution in [-0.4, -0.2) is 4.98 Å². The lowest BCUT2D eigenvalue weighted by Gasteiger charge is -1.98. The molecule has 0 radical (unpaired) electrons. The van der Waals surface area contributed by atoms with Gasteiger partial charge in [-0.05, 0) is 36.1 Å². The van der Waals surface area contributed by atoms with Crippen LogP contribution in [0.5, 0.6) is 0 Å². The average Bonchev–Trinajstić information content (AvgIpc) is 2.61. The zero-order valence-corrected chi connectivity index (χ0v) is 8.51. The fraction of sp³-hybridized carbons (Fsp3) is 0.231. The second kappa shape index (κ2) is 3.70. The molecule has 1 aromatic heterocycles. The van der Waals surface area contributed by atoms with Gasteiger partial charge in [0, 0.05) is 17.1 Å². The first-order valence-corrected chi connectivity index (χ1v) is 5.05. The smallest absolute Gasteiger partial charge is 0.0457 e. The highest BCUT2D eigenvalue weighted by Gasteiger charge is 2.02. The Morgan fingerprint density at radius 2 is 2.29 bits per heavy atom. The van der Waals surface area contributed by atoms with Crippen molar-refractivity contribution in [2.24, 2.45) is 0 Å². The molecule has 1 N–H and O–H groups in total. The van der Waals surface area contributed by atoms with Crippen LogP contribution in [0.15, 0.2) is 37.1 Å². The van der Waals surface area contributed by atoms with Gasteiger partial charge in [-0.1, -0.05) is 19.1 Å². The summed E-state index contributed by atoms with van der Waals surface area (Å²) in [5.74, 6) is 0. The minimum Gasteiger partial charge on any atom is -0.361 e. The van der Waals surface area contributed by atoms with Gasteiger partial charge in [-0.2, -0.15) is 0 Å². The predicted octanol–water partition coefficient (Wildman–Crippen LogP) is 3.46. The molecule has 0 amide bonds. The van der Waals surface area contributed by atoms with Gasteiger partial charge in [0.15, 0.2) is 0 Å². The van der Waals surface area contributed by atoms with Crippen molar-refractivity contribution in [3.05, 3.63) is 48.2 Å². The molecule has 1 nitrogen and oxygen atoms in total. The monoisotopic (exact) mass is 185 g/mol. The topological polar surface area (TPSA) is 15.8 Å². The number of H-pyrrole nitrogens is 1. The molecule has 0 atom stereocenters. The number of hydrogen-bond donors (Lipinski definition) is 1. The molecule has 14 heavy (non-hydrogen) atoms. The van der Waals surface area contributed by atoms with Crippen molar-refractivity contribution in [1.29, 1.82) is 0 Å². The van der Waals surface area contributed by atoms with Crippen molar-refractivity contribution in [2.45, 2.75) is 19.8 Å². The third-order valence-corrected chi connectivity index (χ3v) is 2.60. The van der Waals surface area contributed by atoms with E-state index in [-0.39, 0.29) is 0 Å². The minimum absolute atomic E-state index is 0.938. The second-order valence-corrected chi connectivity index (χ2v) is 3.54. The highest BCUT2D eigenvalue weighted by molar-refractivity contribution is 5.84. The summed E-state index contributed by atoms with van der Waals surface area (Å²) in [7, 11) is 0. The quantitative estimate of drug-likeness (QED) is 0.705. The molecule has 0 aliphatic heterocycles. The van der Waals surface area contributed by atoms with Crippen molar-refractivity contribution in [3.8, 4) is 0 Å². The van der Waals surface area contributed by atoms with Gasteiger partial charge in [0.1, 0.15) is 0 Å². The van der Waals surface area contributed by atoms with Gasteiger partial charge in [0.05, 0.1) is 0 Å². The Hall–Kier alpha value is -1.50. The van der Waals surface area contributed by atoms with Gasteiger partial charge >= 0.3 is 0 Å². The first-order chi connectivity index (χ1) is 6.85. The number of aromatic nitrogens is 1. The Morgan fingerprint density at radius 1 is 1.43 bits per heavy atom. The van der Waals surface area contributed by atoms with Gasteiger partial charge in [0.25, 0.3) is 0 Å². The number of nitrogens with one attached hydrogen (secondary N) is 1. The number of benzene rings is 1. The maximum atomic E-state index is 3.77. The lowest BCUT2D eigenvalue weighted by molar-refractivity contribution is 1.14. The van der Waals surface area contributed by atoms with E-state index in [2.05, 4.69) is 42.9 Å². The third-order valence-electron chi connectivity index (χ3n) is 2.60. The summed E-state index contributed by atoms with van der Waals surface area (Å²) in [6.45, 7) is 5.95. The van der Waals surface area contributed by atoms with Crippen LogP contribution in [0.1, 0.15) is 18.1 Å². The van der Waals surface area contributed by atoms with E-state index < -0.39 is 0 Å². The van der Waals surface area contributed by atoms with E-state index in [0.717, 1.165) is 12.8 Å². The summed E-state index contributed by atoms with van der Waals surface area (Å²) in [6, 6.07) is 6.60. The molecule has 0 saturated heterocycles. The van der Waals surface area contributed by atoms with Crippen LogP contribution < -0.4 is 0 Å². The van der Waals surface area contributed by atoms with Crippen LogP contribution in [0.25, 0.3) is 10.9 Å². The van der Waals surface area contributed by atoms with Crippen molar-refractivity contribution in [1.82, 2.24) is 4.98 Å². The molecule has 0 saturated carbocycles. The summed E-state index contributed by atoms with van der Waals surface area (Å²) in [5.41, 5.74) is 3.95. The molecule has 0 bridgehead atoms. The first-order valence-electron chi connectivity index (χ1n) is 5.05. The molecule has 0 aliphatic carbocycles. The van der Waals surface area contributed by atoms with Crippen molar-refractivity contribution in [2.75, 3.05) is 0 Å². The maximum absolute atomic E-state index is 3.77. The van der Waals surface area contributed by atoms with Crippen LogP contribution in [0.2, 0.25) is 0 Å². The number of rotatable bonds is 3. The lowest BCUT2D eigenvalue weighted by Crippen LogP contribution is -1.81. The van der Waals surface area contributed by atoms with E-state index in [1.165, 1.54) is 22.0 Å². The molecular weight excluding hydrogens is 170 g/mol. The predicted molar refractivity (Wildman–Crippen MR) is 61.6 cm³/mol. The molecule has 0 unspecified atom stereocenters. The summed E-state index contributed by atoms with van der Waals surface area (Å²) >= 11 is 0. The number of aryl methyl sites for hydroxylation is 1. The molecular formula is C13H15N. The highest BCUT2D eigenvalue weighted by atomic mass is 14.7. The molecule has 2 aromatic rings. The number of allylic oxidation sites excluding steroid dienone is 1. The van der Waals surface area contributed by atoms with E-state index in [4.69, 9.17) is 0 Å². The van der Waals surface area contributed by atoms with Crippen LogP contribution in [0.3, 0.4) is 0 Å². The zero-order chi connectivity index (χ0) is 9.97. The van der Waals surface area contributed by atoms with Crippen molar-refractivity contribution >= 4 is 10.9 Å². The van der Waals surface area contributed by atoms with Gasteiger partial charge < -0.3 is 4.98 Å². The fourth-order valence-corrected chi connectivity index (χ4v) is 1.77. The summed E-state index contributed by atoms with van der Waals surface area (Å²) in [5, 5.41) is 1.34. The maximum Gasteiger partial charge on any atom is 0.0457 e. The molecule has 1 heterocycles. The molecule has 0 spiro atoms. The Bertz CT molecular complexity index is 451. The Morgan fingerprint density at radius 3 is 3.00 bits per heavy atom. The Labute approximate surface area is 84.5 Å². The zero-order valence-electron chi connectivity index (χ0n) is 8.51. The Balaban J connectivity index is 2.57. The van der Waals surface area contributed by atoms with E-state index in [1.54, 1.807) is 0 Å². The van der Waals surface area contributed by atoms with Gasteiger partial charge in [0.2, 0.25) is 0 Å². The standard InChI is InChI=1S/C13H15N/c1-3-5-11-9-14-13-7-6-10(4-2)8-12(11)13/h3,6-9,14H,1,4-5H2,2H3. The largest absolute Gasteiger partial charge is 0.361 e. The van der Waals surface area contributed by atoms with Gasteiger partial charge in [-0.15, -0.1) is 6.58 Å². The van der Waals surface area contributed by atoms with Crippen LogP contribution in [0.4, 0.5) is 0 Å². The molecule has 72 valence electrons. The average molecular weight is 185 g/mol. The normalized spacial score (nSPS) is 10.6. The van der Waals surface area contributed by atoms with Crippen LogP contribution >= 0.6 is 0 Å². The molecule has 0 fully saturated rings. The van der Waals surface area contributed by atoms with Crippen LogP contribution in [-0.2, 0) is 12.8 Å². The fourth-order valence-electron chi connectivity index (χ4n) is 1.77. The van der Waals surface area contributed by atoms with E-state index in [9.17, 15) is 0 Å². The summed E-state index contributed by atoms with van der Waals surface area (Å²) in [4.78, 5) is 3.28. The third kappa shape index (κ3) is 1.46. The lowest BCUT2D eigenvalue weighted by atomic mass is 10.1. The van der Waals surface area contributed by atoms with E-state index in [0.29, 0.717) is 0 Å². The van der Waals surface area contributed by atoms with Crippen LogP contribution in [0, 0.1) is 0 Å². The summed E-state index contributed by atoms with van der Waals surface area (Å²) in [6.07, 6.45) is 6.05. The second-order valence-electron chi connectivity index (χ2n) is 3.54. The van der Waals surface area contributed by atoms with Crippen molar-refractivity contribution in [3.63, 3.8) is 0 Å². The highest BCUT2D eigenvalue weighted by Crippen LogP contribution is 2.20. The number of hydrogen-bond acceptors (Lipinski definition) is 0. The first kappa shape index (κ1) is 9.07. The summed E-state index contributed by atoms with van der Waals surface area (Å²) < 4.78 is 0. The molecule has 1 heteroatoms. The van der Waals surface area contributed by atoms with E-state index >= 15 is 0 Å². The van der Waals surface area contributed by atoms with Gasteiger partial charge in [-0.25, -0.2) is 0 Å². The number of fused-ring (bicyclic) bond motifs is 1. The molecule has 0 aliphatic rings. The Kier molecular flexibility index (Phi) is 2.40. The number of aromatic amines is 1. The van der Waals surface area contributed by atoms with Crippen molar-refractivity contribution < 1.29 is 0 Å².